The second-order valence-electron chi connectivity index (χ2n) is 6.98. The molecule has 0 radical (unpaired) electrons. The summed E-state index contributed by atoms with van der Waals surface area (Å²) in [5.41, 5.74) is 4.00. The van der Waals surface area contributed by atoms with Crippen LogP contribution in [0.1, 0.15) is 11.1 Å². The fraction of sp³-hybridized carbons (Fsp3) is 0.350. The third-order valence-electron chi connectivity index (χ3n) is 5.24. The van der Waals surface area contributed by atoms with Crippen molar-refractivity contribution in [2.75, 3.05) is 42.9 Å². The largest absolute Gasteiger partial charge is 0.368 e. The van der Waals surface area contributed by atoms with Crippen molar-refractivity contribution in [3.8, 4) is 0 Å². The number of hydrogen-bond donors (Lipinski definition) is 1. The van der Waals surface area contributed by atoms with Crippen LogP contribution in [0.3, 0.4) is 0 Å². The Kier molecular flexibility index (Phi) is 5.51. The molecule has 0 bridgehead atoms. The van der Waals surface area contributed by atoms with Gasteiger partial charge in [-0.2, -0.15) is 0 Å². The van der Waals surface area contributed by atoms with Crippen molar-refractivity contribution in [2.24, 2.45) is 0 Å². The number of nitrogens with one attached hydrogen (secondary N) is 1. The molecule has 1 fully saturated rings. The molecule has 2 aliphatic heterocycles. The van der Waals surface area contributed by atoms with Gasteiger partial charge in [0.05, 0.1) is 22.2 Å². The lowest BCUT2D eigenvalue weighted by Gasteiger charge is -2.36. The number of piperazine rings is 1. The van der Waals surface area contributed by atoms with Crippen molar-refractivity contribution in [3.05, 3.63) is 56.5 Å². The molecule has 0 saturated carbocycles. The molecule has 2 aliphatic rings. The van der Waals surface area contributed by atoms with E-state index >= 15 is 0 Å². The first kappa shape index (κ1) is 18.9. The first-order chi connectivity index (χ1) is 13.0. The van der Waals surface area contributed by atoms with E-state index in [-0.39, 0.29) is 5.91 Å². The van der Waals surface area contributed by atoms with E-state index in [0.29, 0.717) is 16.5 Å². The summed E-state index contributed by atoms with van der Waals surface area (Å²) in [4.78, 5) is 16.3. The highest BCUT2D eigenvalue weighted by atomic mass is 35.5. The maximum absolute atomic E-state index is 11.5. The number of rotatable bonds is 4. The molecule has 1 amide bonds. The number of benzene rings is 2. The maximum Gasteiger partial charge on any atom is 0.228 e. The first-order valence-corrected chi connectivity index (χ1v) is 10.2. The van der Waals surface area contributed by atoms with Gasteiger partial charge in [-0.05, 0) is 35.7 Å². The summed E-state index contributed by atoms with van der Waals surface area (Å²) in [5, 5.41) is 4.78. The smallest absolute Gasteiger partial charge is 0.228 e. The first-order valence-electron chi connectivity index (χ1n) is 9.04. The Balaban J connectivity index is 1.35. The van der Waals surface area contributed by atoms with Crippen LogP contribution in [-0.4, -0.2) is 43.5 Å². The highest BCUT2D eigenvalue weighted by Gasteiger charge is 2.22. The monoisotopic (exact) mass is 423 g/mol. The standard InChI is InChI=1S/C20H20Cl3N3O/c21-15-2-1-3-18(20(15)23)26-8-6-25(7-9-26)5-4-13-10-14-11-19(27)24-17(14)12-16(13)22/h1-3,10,12H,4-9,11H2,(H,24,27). The lowest BCUT2D eigenvalue weighted by atomic mass is 10.1. The van der Waals surface area contributed by atoms with Crippen molar-refractivity contribution in [3.63, 3.8) is 0 Å². The quantitative estimate of drug-likeness (QED) is 0.784. The summed E-state index contributed by atoms with van der Waals surface area (Å²) < 4.78 is 0. The Hall–Kier alpha value is -1.46. The van der Waals surface area contributed by atoms with Gasteiger partial charge in [0.15, 0.2) is 0 Å². The number of carbonyl (C=O) groups excluding carboxylic acids is 1. The van der Waals surface area contributed by atoms with Gasteiger partial charge in [0.25, 0.3) is 0 Å². The molecular weight excluding hydrogens is 405 g/mol. The van der Waals surface area contributed by atoms with Crippen LogP contribution >= 0.6 is 34.8 Å². The Morgan fingerprint density at radius 2 is 1.78 bits per heavy atom. The highest BCUT2D eigenvalue weighted by molar-refractivity contribution is 6.43. The summed E-state index contributed by atoms with van der Waals surface area (Å²) >= 11 is 18.9. The molecule has 2 aromatic carbocycles. The minimum Gasteiger partial charge on any atom is -0.368 e. The third-order valence-corrected chi connectivity index (χ3v) is 6.40. The molecule has 0 aliphatic carbocycles. The van der Waals surface area contributed by atoms with Gasteiger partial charge in [0, 0.05) is 43.4 Å². The molecule has 4 rings (SSSR count). The summed E-state index contributed by atoms with van der Waals surface area (Å²) in [5.74, 6) is 0.0361. The summed E-state index contributed by atoms with van der Waals surface area (Å²) in [6.45, 7) is 4.70. The number of halogens is 3. The predicted molar refractivity (Wildman–Crippen MR) is 113 cm³/mol. The zero-order valence-electron chi connectivity index (χ0n) is 14.8. The van der Waals surface area contributed by atoms with Gasteiger partial charge in [-0.3, -0.25) is 9.69 Å². The predicted octanol–water partition coefficient (Wildman–Crippen LogP) is 4.51. The van der Waals surface area contributed by atoms with Crippen molar-refractivity contribution < 1.29 is 4.79 Å². The van der Waals surface area contributed by atoms with Gasteiger partial charge in [0.2, 0.25) is 5.91 Å². The third kappa shape index (κ3) is 4.04. The van der Waals surface area contributed by atoms with Crippen LogP contribution in [0.2, 0.25) is 15.1 Å². The van der Waals surface area contributed by atoms with Gasteiger partial charge >= 0.3 is 0 Å². The average Bonchev–Trinajstić information content (AvgIpc) is 3.01. The minimum atomic E-state index is 0.0361. The summed E-state index contributed by atoms with van der Waals surface area (Å²) in [6, 6.07) is 9.70. The van der Waals surface area contributed by atoms with Crippen LogP contribution in [0.15, 0.2) is 30.3 Å². The van der Waals surface area contributed by atoms with E-state index in [1.807, 2.05) is 24.3 Å². The van der Waals surface area contributed by atoms with E-state index in [1.165, 1.54) is 0 Å². The fourth-order valence-electron chi connectivity index (χ4n) is 3.72. The lowest BCUT2D eigenvalue weighted by Crippen LogP contribution is -2.47. The molecule has 2 heterocycles. The van der Waals surface area contributed by atoms with Gasteiger partial charge in [-0.1, -0.05) is 46.9 Å². The topological polar surface area (TPSA) is 35.6 Å². The number of hydrogen-bond acceptors (Lipinski definition) is 3. The molecule has 27 heavy (non-hydrogen) atoms. The van der Waals surface area contributed by atoms with Gasteiger partial charge in [-0.15, -0.1) is 0 Å². The fourth-order valence-corrected chi connectivity index (χ4v) is 4.39. The van der Waals surface area contributed by atoms with Gasteiger partial charge in [-0.25, -0.2) is 0 Å². The molecular formula is C20H20Cl3N3O. The molecule has 0 spiro atoms. The molecule has 1 saturated heterocycles. The normalized spacial score (nSPS) is 17.1. The number of carbonyl (C=O) groups is 1. The van der Waals surface area contributed by atoms with Crippen molar-refractivity contribution in [1.29, 1.82) is 0 Å². The van der Waals surface area contributed by atoms with E-state index in [2.05, 4.69) is 21.2 Å². The Morgan fingerprint density at radius 3 is 2.56 bits per heavy atom. The number of nitrogens with zero attached hydrogens (tertiary/aromatic N) is 2. The second kappa shape index (κ2) is 7.88. The van der Waals surface area contributed by atoms with E-state index in [4.69, 9.17) is 34.8 Å². The van der Waals surface area contributed by atoms with Crippen LogP contribution in [-0.2, 0) is 17.6 Å². The molecule has 0 aromatic heterocycles. The summed E-state index contributed by atoms with van der Waals surface area (Å²) in [7, 11) is 0. The number of amides is 1. The minimum absolute atomic E-state index is 0.0361. The van der Waals surface area contributed by atoms with Crippen LogP contribution in [0.5, 0.6) is 0 Å². The Bertz CT molecular complexity index is 879. The molecule has 142 valence electrons. The average molecular weight is 425 g/mol. The van der Waals surface area contributed by atoms with Crippen LogP contribution in [0.25, 0.3) is 0 Å². The van der Waals surface area contributed by atoms with E-state index in [9.17, 15) is 4.79 Å². The van der Waals surface area contributed by atoms with Crippen LogP contribution in [0.4, 0.5) is 11.4 Å². The molecule has 7 heteroatoms. The van der Waals surface area contributed by atoms with Crippen molar-refractivity contribution in [2.45, 2.75) is 12.8 Å². The molecule has 0 unspecified atom stereocenters. The number of anilines is 2. The molecule has 4 nitrogen and oxygen atoms in total. The highest BCUT2D eigenvalue weighted by Crippen LogP contribution is 2.33. The van der Waals surface area contributed by atoms with E-state index in [0.717, 1.165) is 66.7 Å². The molecule has 2 aromatic rings. The van der Waals surface area contributed by atoms with Gasteiger partial charge in [0.1, 0.15) is 0 Å². The Morgan fingerprint density at radius 1 is 1.00 bits per heavy atom. The van der Waals surface area contributed by atoms with E-state index < -0.39 is 0 Å². The molecule has 1 N–H and O–H groups in total. The Labute approximate surface area is 174 Å². The van der Waals surface area contributed by atoms with Crippen LogP contribution in [0, 0.1) is 0 Å². The zero-order valence-corrected chi connectivity index (χ0v) is 17.0. The SMILES string of the molecule is O=C1Cc2cc(CCN3CCN(c4cccc(Cl)c4Cl)CC3)c(Cl)cc2N1. The second-order valence-corrected chi connectivity index (χ2v) is 8.17. The van der Waals surface area contributed by atoms with Crippen molar-refractivity contribution in [1.82, 2.24) is 4.90 Å². The van der Waals surface area contributed by atoms with Crippen LogP contribution < -0.4 is 10.2 Å². The van der Waals surface area contributed by atoms with Gasteiger partial charge < -0.3 is 10.2 Å². The number of fused-ring (bicyclic) bond motifs is 1. The zero-order chi connectivity index (χ0) is 19.0. The maximum atomic E-state index is 11.5. The lowest BCUT2D eigenvalue weighted by molar-refractivity contribution is -0.115. The van der Waals surface area contributed by atoms with Crippen molar-refractivity contribution >= 4 is 52.1 Å². The van der Waals surface area contributed by atoms with E-state index in [1.54, 1.807) is 0 Å². The molecule has 0 atom stereocenters. The summed E-state index contributed by atoms with van der Waals surface area (Å²) in [6.07, 6.45) is 1.32.